The predicted molar refractivity (Wildman–Crippen MR) is 96.2 cm³/mol. The maximum absolute atomic E-state index is 13.8. The number of nitrogens with one attached hydrogen (secondary N) is 1. The zero-order valence-corrected chi connectivity index (χ0v) is 14.6. The molecular formula is C20H22FNO3. The second-order valence-corrected chi connectivity index (χ2v) is 5.43. The molecule has 0 saturated carbocycles. The van der Waals surface area contributed by atoms with E-state index in [4.69, 9.17) is 9.47 Å². The number of para-hydroxylation sites is 1. The lowest BCUT2D eigenvalue weighted by Gasteiger charge is -2.14. The summed E-state index contributed by atoms with van der Waals surface area (Å²) in [7, 11) is 1.41. The summed E-state index contributed by atoms with van der Waals surface area (Å²) in [6.07, 6.45) is 3.13. The Kier molecular flexibility index (Phi) is 6.57. The van der Waals surface area contributed by atoms with Gasteiger partial charge in [0, 0.05) is 11.6 Å². The molecule has 5 heteroatoms. The number of amides is 1. The SMILES string of the molecule is CCOc1ccccc1/C=C/C(=O)N[C@@H](C)c1ccc(OC)c(F)c1. The summed E-state index contributed by atoms with van der Waals surface area (Å²) >= 11 is 0. The lowest BCUT2D eigenvalue weighted by atomic mass is 10.1. The van der Waals surface area contributed by atoms with Crippen LogP contribution in [0.25, 0.3) is 6.08 Å². The van der Waals surface area contributed by atoms with E-state index in [1.54, 1.807) is 25.1 Å². The molecule has 1 atom stereocenters. The van der Waals surface area contributed by atoms with E-state index in [1.807, 2.05) is 31.2 Å². The second kappa shape index (κ2) is 8.87. The Morgan fingerprint density at radius 3 is 2.68 bits per heavy atom. The van der Waals surface area contributed by atoms with Gasteiger partial charge in [-0.3, -0.25) is 4.79 Å². The average molecular weight is 343 g/mol. The molecule has 132 valence electrons. The number of ether oxygens (including phenoxy) is 2. The molecule has 4 nitrogen and oxygen atoms in total. The number of benzene rings is 2. The first kappa shape index (κ1) is 18.5. The van der Waals surface area contributed by atoms with E-state index in [0.717, 1.165) is 11.3 Å². The minimum Gasteiger partial charge on any atom is -0.494 e. The van der Waals surface area contributed by atoms with Gasteiger partial charge in [0.1, 0.15) is 5.75 Å². The standard InChI is InChI=1S/C20H22FNO3/c1-4-25-18-8-6-5-7-15(18)10-12-20(23)22-14(2)16-9-11-19(24-3)17(21)13-16/h5-14H,4H2,1-3H3,(H,22,23)/b12-10+/t14-/m0/s1. The van der Waals surface area contributed by atoms with Gasteiger partial charge >= 0.3 is 0 Å². The van der Waals surface area contributed by atoms with Gasteiger partial charge < -0.3 is 14.8 Å². The highest BCUT2D eigenvalue weighted by Gasteiger charge is 2.11. The lowest BCUT2D eigenvalue weighted by molar-refractivity contribution is -0.117. The van der Waals surface area contributed by atoms with Gasteiger partial charge in [0.05, 0.1) is 19.8 Å². The van der Waals surface area contributed by atoms with Gasteiger partial charge in [-0.25, -0.2) is 4.39 Å². The molecule has 1 amide bonds. The molecule has 1 N–H and O–H groups in total. The van der Waals surface area contributed by atoms with Crippen LogP contribution in [0.3, 0.4) is 0 Å². The molecule has 0 spiro atoms. The molecule has 0 aliphatic carbocycles. The third-order valence-corrected chi connectivity index (χ3v) is 3.67. The van der Waals surface area contributed by atoms with Crippen molar-refractivity contribution in [1.82, 2.24) is 5.32 Å². The fraction of sp³-hybridized carbons (Fsp3) is 0.250. The molecule has 2 aromatic carbocycles. The number of halogens is 1. The van der Waals surface area contributed by atoms with Crippen molar-refractivity contribution in [3.63, 3.8) is 0 Å². The van der Waals surface area contributed by atoms with Crippen LogP contribution in [-0.4, -0.2) is 19.6 Å². The molecule has 2 rings (SSSR count). The molecule has 0 radical (unpaired) electrons. The van der Waals surface area contributed by atoms with Crippen molar-refractivity contribution in [2.45, 2.75) is 19.9 Å². The number of rotatable bonds is 7. The van der Waals surface area contributed by atoms with Gasteiger partial charge in [-0.2, -0.15) is 0 Å². The Labute approximate surface area is 147 Å². The Hall–Kier alpha value is -2.82. The van der Waals surface area contributed by atoms with Crippen molar-refractivity contribution < 1.29 is 18.7 Å². The fourth-order valence-electron chi connectivity index (χ4n) is 2.37. The van der Waals surface area contributed by atoms with Crippen molar-refractivity contribution in [2.75, 3.05) is 13.7 Å². The minimum absolute atomic E-state index is 0.176. The fourth-order valence-corrected chi connectivity index (χ4v) is 2.37. The number of methoxy groups -OCH3 is 1. The maximum Gasteiger partial charge on any atom is 0.244 e. The minimum atomic E-state index is -0.456. The first-order chi connectivity index (χ1) is 12.0. The molecular weight excluding hydrogens is 321 g/mol. The van der Waals surface area contributed by atoms with Gasteiger partial charge in [0.25, 0.3) is 0 Å². The van der Waals surface area contributed by atoms with Crippen LogP contribution < -0.4 is 14.8 Å². The molecule has 2 aromatic rings. The Morgan fingerprint density at radius 2 is 2.00 bits per heavy atom. The molecule has 0 aromatic heterocycles. The van der Waals surface area contributed by atoms with Gasteiger partial charge in [-0.1, -0.05) is 24.3 Å². The van der Waals surface area contributed by atoms with Crippen LogP contribution in [0.1, 0.15) is 31.0 Å². The number of hydrogen-bond donors (Lipinski definition) is 1. The summed E-state index contributed by atoms with van der Waals surface area (Å²) in [6, 6.07) is 11.8. The van der Waals surface area contributed by atoms with E-state index in [1.165, 1.54) is 19.3 Å². The highest BCUT2D eigenvalue weighted by molar-refractivity contribution is 5.92. The molecule has 0 bridgehead atoms. The highest BCUT2D eigenvalue weighted by Crippen LogP contribution is 2.22. The zero-order valence-electron chi connectivity index (χ0n) is 14.6. The quantitative estimate of drug-likeness (QED) is 0.769. The van der Waals surface area contributed by atoms with Crippen LogP contribution in [0.15, 0.2) is 48.5 Å². The summed E-state index contributed by atoms with van der Waals surface area (Å²) in [4.78, 5) is 12.1. The molecule has 0 saturated heterocycles. The van der Waals surface area contributed by atoms with Crippen LogP contribution >= 0.6 is 0 Å². The topological polar surface area (TPSA) is 47.6 Å². The third kappa shape index (κ3) is 5.08. The van der Waals surface area contributed by atoms with Crippen LogP contribution in [0, 0.1) is 5.82 Å². The van der Waals surface area contributed by atoms with Crippen molar-refractivity contribution in [3.05, 3.63) is 65.5 Å². The molecule has 25 heavy (non-hydrogen) atoms. The van der Waals surface area contributed by atoms with E-state index in [-0.39, 0.29) is 17.7 Å². The summed E-state index contributed by atoms with van der Waals surface area (Å²) in [5.41, 5.74) is 1.48. The average Bonchev–Trinajstić information content (AvgIpc) is 2.61. The van der Waals surface area contributed by atoms with Crippen molar-refractivity contribution in [2.24, 2.45) is 0 Å². The first-order valence-corrected chi connectivity index (χ1v) is 8.09. The number of hydrogen-bond acceptors (Lipinski definition) is 3. The van der Waals surface area contributed by atoms with E-state index < -0.39 is 5.82 Å². The molecule has 0 fully saturated rings. The molecule has 0 aliphatic rings. The van der Waals surface area contributed by atoms with Crippen LogP contribution in [0.4, 0.5) is 4.39 Å². The molecule has 0 heterocycles. The van der Waals surface area contributed by atoms with Crippen LogP contribution in [-0.2, 0) is 4.79 Å². The van der Waals surface area contributed by atoms with E-state index in [9.17, 15) is 9.18 Å². The van der Waals surface area contributed by atoms with Crippen molar-refractivity contribution in [1.29, 1.82) is 0 Å². The Balaban J connectivity index is 2.03. The molecule has 0 aliphatic heterocycles. The number of carbonyl (C=O) groups is 1. The summed E-state index contributed by atoms with van der Waals surface area (Å²) in [6.45, 7) is 4.25. The van der Waals surface area contributed by atoms with Crippen molar-refractivity contribution >= 4 is 12.0 Å². The second-order valence-electron chi connectivity index (χ2n) is 5.43. The van der Waals surface area contributed by atoms with Gasteiger partial charge in [0.2, 0.25) is 5.91 Å². The van der Waals surface area contributed by atoms with Gasteiger partial charge in [0.15, 0.2) is 11.6 Å². The van der Waals surface area contributed by atoms with Crippen LogP contribution in [0.2, 0.25) is 0 Å². The largest absolute Gasteiger partial charge is 0.494 e. The Bertz CT molecular complexity index is 758. The highest BCUT2D eigenvalue weighted by atomic mass is 19.1. The Morgan fingerprint density at radius 1 is 1.24 bits per heavy atom. The van der Waals surface area contributed by atoms with Gasteiger partial charge in [-0.05, 0) is 43.7 Å². The summed E-state index contributed by atoms with van der Waals surface area (Å²) < 4.78 is 24.2. The third-order valence-electron chi connectivity index (χ3n) is 3.67. The summed E-state index contributed by atoms with van der Waals surface area (Å²) in [5.74, 6) is 0.173. The monoisotopic (exact) mass is 343 g/mol. The van der Waals surface area contributed by atoms with Crippen molar-refractivity contribution in [3.8, 4) is 11.5 Å². The lowest BCUT2D eigenvalue weighted by Crippen LogP contribution is -2.24. The van der Waals surface area contributed by atoms with E-state index >= 15 is 0 Å². The first-order valence-electron chi connectivity index (χ1n) is 8.09. The van der Waals surface area contributed by atoms with E-state index in [0.29, 0.717) is 12.2 Å². The van der Waals surface area contributed by atoms with Crippen LogP contribution in [0.5, 0.6) is 11.5 Å². The smallest absolute Gasteiger partial charge is 0.244 e. The normalized spacial score (nSPS) is 12.0. The zero-order chi connectivity index (χ0) is 18.2. The molecule has 0 unspecified atom stereocenters. The number of carbonyl (C=O) groups excluding carboxylic acids is 1. The van der Waals surface area contributed by atoms with E-state index in [2.05, 4.69) is 5.32 Å². The van der Waals surface area contributed by atoms with Gasteiger partial charge in [-0.15, -0.1) is 0 Å². The predicted octanol–water partition coefficient (Wildman–Crippen LogP) is 4.12. The maximum atomic E-state index is 13.8. The summed E-state index contributed by atoms with van der Waals surface area (Å²) in [5, 5.41) is 2.81.